The van der Waals surface area contributed by atoms with Crippen molar-refractivity contribution >= 4 is 23.8 Å². The molecule has 7 nitrogen and oxygen atoms in total. The highest BCUT2D eigenvalue weighted by atomic mass is 19.4. The second-order valence-electron chi connectivity index (χ2n) is 7.30. The van der Waals surface area contributed by atoms with E-state index in [0.717, 1.165) is 6.07 Å². The Morgan fingerprint density at radius 3 is 2.39 bits per heavy atom. The first-order valence-corrected chi connectivity index (χ1v) is 9.72. The average Bonchev–Trinajstić information content (AvgIpc) is 2.76. The molecule has 0 atom stereocenters. The molecule has 2 N–H and O–H groups in total. The van der Waals surface area contributed by atoms with E-state index in [1.165, 1.54) is 0 Å². The molecule has 178 valence electrons. The predicted molar refractivity (Wildman–Crippen MR) is 103 cm³/mol. The van der Waals surface area contributed by atoms with Crippen LogP contribution in [0.5, 0.6) is 0 Å². The number of hydrogen-bond donors (Lipinski definition) is 2. The number of rotatable bonds is 6. The minimum atomic E-state index is -5.04. The summed E-state index contributed by atoms with van der Waals surface area (Å²) in [6, 6.07) is 2.18. The van der Waals surface area contributed by atoms with Crippen molar-refractivity contribution < 1.29 is 40.7 Å². The standard InChI is InChI=1S/C20H18F6N4O3/c21-19(22,23)13-5-12(10-31)6-14(7-13)29-18-28-9-15(16(30-18)20(24,25)26)17(32)27-8-11-1-3-33-4-2-11/h5-7,9-11H,1-4,8H2,(H,27,32)(H,28,29,30). The lowest BCUT2D eigenvalue weighted by Crippen LogP contribution is -2.33. The van der Waals surface area contributed by atoms with Crippen molar-refractivity contribution in [3.05, 3.63) is 46.8 Å². The highest BCUT2D eigenvalue weighted by Gasteiger charge is 2.38. The van der Waals surface area contributed by atoms with E-state index in [4.69, 9.17) is 4.74 Å². The van der Waals surface area contributed by atoms with Crippen LogP contribution in [0.1, 0.15) is 44.8 Å². The summed E-state index contributed by atoms with van der Waals surface area (Å²) in [5.74, 6) is -1.66. The van der Waals surface area contributed by atoms with Crippen molar-refractivity contribution in [2.45, 2.75) is 25.2 Å². The quantitative estimate of drug-likeness (QED) is 0.479. The number of anilines is 2. The van der Waals surface area contributed by atoms with Gasteiger partial charge in [0.05, 0.1) is 11.1 Å². The molecule has 1 amide bonds. The second kappa shape index (κ2) is 9.73. The molecule has 13 heteroatoms. The van der Waals surface area contributed by atoms with Gasteiger partial charge in [-0.05, 0) is 37.0 Å². The number of hydrogen-bond acceptors (Lipinski definition) is 6. The van der Waals surface area contributed by atoms with Crippen LogP contribution in [-0.2, 0) is 17.1 Å². The molecule has 1 aliphatic heterocycles. The largest absolute Gasteiger partial charge is 0.434 e. The van der Waals surface area contributed by atoms with Crippen molar-refractivity contribution in [2.24, 2.45) is 5.92 Å². The Labute approximate surface area is 183 Å². The van der Waals surface area contributed by atoms with E-state index < -0.39 is 41.0 Å². The fourth-order valence-electron chi connectivity index (χ4n) is 3.19. The van der Waals surface area contributed by atoms with E-state index in [0.29, 0.717) is 44.4 Å². The van der Waals surface area contributed by atoms with Crippen LogP contribution in [0.4, 0.5) is 38.0 Å². The third-order valence-corrected chi connectivity index (χ3v) is 4.87. The zero-order chi connectivity index (χ0) is 24.2. The van der Waals surface area contributed by atoms with Gasteiger partial charge in [0.2, 0.25) is 5.95 Å². The first-order valence-electron chi connectivity index (χ1n) is 9.72. The summed E-state index contributed by atoms with van der Waals surface area (Å²) < 4.78 is 84.9. The molecule has 0 saturated carbocycles. The Balaban J connectivity index is 1.85. The molecule has 1 fully saturated rings. The van der Waals surface area contributed by atoms with E-state index in [9.17, 15) is 35.9 Å². The molecule has 0 unspecified atom stereocenters. The molecule has 0 aliphatic carbocycles. The monoisotopic (exact) mass is 476 g/mol. The van der Waals surface area contributed by atoms with Crippen LogP contribution in [0.2, 0.25) is 0 Å². The Bertz CT molecular complexity index is 1020. The first-order chi connectivity index (χ1) is 15.5. The lowest BCUT2D eigenvalue weighted by atomic mass is 10.0. The summed E-state index contributed by atoms with van der Waals surface area (Å²) in [4.78, 5) is 30.2. The molecule has 1 saturated heterocycles. The minimum Gasteiger partial charge on any atom is -0.381 e. The third kappa shape index (κ3) is 6.40. The maximum absolute atomic E-state index is 13.6. The molecule has 0 radical (unpaired) electrons. The van der Waals surface area contributed by atoms with Gasteiger partial charge in [-0.2, -0.15) is 26.3 Å². The van der Waals surface area contributed by atoms with Crippen molar-refractivity contribution in [2.75, 3.05) is 25.1 Å². The van der Waals surface area contributed by atoms with E-state index in [2.05, 4.69) is 20.6 Å². The molecule has 0 bridgehead atoms. The van der Waals surface area contributed by atoms with Crippen LogP contribution >= 0.6 is 0 Å². The molecule has 33 heavy (non-hydrogen) atoms. The van der Waals surface area contributed by atoms with Gasteiger partial charge in [-0.1, -0.05) is 0 Å². The molecule has 3 rings (SSSR count). The van der Waals surface area contributed by atoms with Gasteiger partial charge in [0.1, 0.15) is 6.29 Å². The van der Waals surface area contributed by atoms with Gasteiger partial charge >= 0.3 is 12.4 Å². The number of nitrogens with zero attached hydrogens (tertiary/aromatic N) is 2. The molecule has 0 spiro atoms. The van der Waals surface area contributed by atoms with Gasteiger partial charge in [-0.15, -0.1) is 0 Å². The Morgan fingerprint density at radius 1 is 1.09 bits per heavy atom. The molecule has 1 aromatic carbocycles. The van der Waals surface area contributed by atoms with Crippen LogP contribution in [-0.4, -0.2) is 41.9 Å². The maximum atomic E-state index is 13.6. The third-order valence-electron chi connectivity index (χ3n) is 4.87. The van der Waals surface area contributed by atoms with Gasteiger partial charge in [0.15, 0.2) is 5.69 Å². The van der Waals surface area contributed by atoms with Crippen molar-refractivity contribution in [3.63, 3.8) is 0 Å². The summed E-state index contributed by atoms with van der Waals surface area (Å²) in [5.41, 5.74) is -4.26. The van der Waals surface area contributed by atoms with E-state index >= 15 is 0 Å². The number of nitrogens with one attached hydrogen (secondary N) is 2. The predicted octanol–water partition coefficient (Wildman–Crippen LogP) is 4.23. The van der Waals surface area contributed by atoms with Crippen molar-refractivity contribution in [1.82, 2.24) is 15.3 Å². The topological polar surface area (TPSA) is 93.2 Å². The number of amides is 1. The number of halogens is 6. The van der Waals surface area contributed by atoms with Gasteiger partial charge in [-0.3, -0.25) is 9.59 Å². The molecule has 1 aliphatic rings. The van der Waals surface area contributed by atoms with Gasteiger partial charge in [0.25, 0.3) is 5.91 Å². The molecule has 2 heterocycles. The minimum absolute atomic E-state index is 0.0619. The number of carbonyl (C=O) groups excluding carboxylic acids is 2. The van der Waals surface area contributed by atoms with Crippen LogP contribution in [0, 0.1) is 5.92 Å². The number of benzene rings is 1. The number of aldehydes is 1. The second-order valence-corrected chi connectivity index (χ2v) is 7.30. The maximum Gasteiger partial charge on any atom is 0.434 e. The molecule has 1 aromatic heterocycles. The van der Waals surface area contributed by atoms with E-state index in [-0.39, 0.29) is 30.0 Å². The fraction of sp³-hybridized carbons (Fsp3) is 0.400. The Morgan fingerprint density at radius 2 is 1.79 bits per heavy atom. The van der Waals surface area contributed by atoms with Crippen LogP contribution in [0.15, 0.2) is 24.4 Å². The van der Waals surface area contributed by atoms with Crippen molar-refractivity contribution in [1.29, 1.82) is 0 Å². The summed E-state index contributed by atoms with van der Waals surface area (Å²) in [6.45, 7) is 1.15. The summed E-state index contributed by atoms with van der Waals surface area (Å²) in [7, 11) is 0. The average molecular weight is 476 g/mol. The van der Waals surface area contributed by atoms with E-state index in [1.54, 1.807) is 0 Å². The number of ether oxygens (including phenoxy) is 1. The van der Waals surface area contributed by atoms with Crippen LogP contribution in [0.25, 0.3) is 0 Å². The molecule has 2 aromatic rings. The lowest BCUT2D eigenvalue weighted by Gasteiger charge is -2.22. The summed E-state index contributed by atoms with van der Waals surface area (Å²) in [5, 5.41) is 4.66. The number of aromatic nitrogens is 2. The normalized spacial score (nSPS) is 15.2. The van der Waals surface area contributed by atoms with Gasteiger partial charge in [0, 0.05) is 37.2 Å². The zero-order valence-electron chi connectivity index (χ0n) is 16.9. The van der Waals surface area contributed by atoms with E-state index in [1.807, 2.05) is 0 Å². The molecular formula is C20H18F6N4O3. The lowest BCUT2D eigenvalue weighted by molar-refractivity contribution is -0.141. The zero-order valence-corrected chi connectivity index (χ0v) is 16.9. The Hall–Kier alpha value is -3.22. The van der Waals surface area contributed by atoms with Crippen LogP contribution in [0.3, 0.4) is 0 Å². The summed E-state index contributed by atoms with van der Waals surface area (Å²) in [6.07, 6.45) is -7.70. The molecular weight excluding hydrogens is 458 g/mol. The highest BCUT2D eigenvalue weighted by molar-refractivity contribution is 5.95. The Kier molecular flexibility index (Phi) is 7.20. The van der Waals surface area contributed by atoms with Gasteiger partial charge < -0.3 is 15.4 Å². The SMILES string of the molecule is O=Cc1cc(Nc2ncc(C(=O)NCC3CCOCC3)c(C(F)(F)F)n2)cc(C(F)(F)F)c1. The smallest absolute Gasteiger partial charge is 0.381 e. The van der Waals surface area contributed by atoms with Crippen LogP contribution < -0.4 is 10.6 Å². The van der Waals surface area contributed by atoms with Gasteiger partial charge in [-0.25, -0.2) is 9.97 Å². The fourth-order valence-corrected chi connectivity index (χ4v) is 3.19. The highest BCUT2D eigenvalue weighted by Crippen LogP contribution is 2.34. The summed E-state index contributed by atoms with van der Waals surface area (Å²) >= 11 is 0. The number of alkyl halides is 6. The first kappa shape index (κ1) is 24.4. The van der Waals surface area contributed by atoms with Crippen molar-refractivity contribution in [3.8, 4) is 0 Å². The number of carbonyl (C=O) groups is 2.